The Labute approximate surface area is 136 Å². The molecule has 0 amide bonds. The number of hydrogen-bond donors (Lipinski definition) is 0. The summed E-state index contributed by atoms with van der Waals surface area (Å²) in [5.41, 5.74) is 10.4. The van der Waals surface area contributed by atoms with Gasteiger partial charge in [-0.3, -0.25) is 0 Å². The third-order valence-electron chi connectivity index (χ3n) is 5.23. The number of fused-ring (bicyclic) bond motifs is 1. The van der Waals surface area contributed by atoms with E-state index in [1.165, 1.54) is 45.3 Å². The van der Waals surface area contributed by atoms with Gasteiger partial charge in [0.1, 0.15) is 0 Å². The molecule has 0 fully saturated rings. The van der Waals surface area contributed by atoms with Crippen LogP contribution < -0.4 is 0 Å². The highest BCUT2D eigenvalue weighted by Gasteiger charge is 2.21. The van der Waals surface area contributed by atoms with Gasteiger partial charge in [-0.2, -0.15) is 0 Å². The van der Waals surface area contributed by atoms with E-state index in [2.05, 4.69) is 66.9 Å². The van der Waals surface area contributed by atoms with E-state index in [4.69, 9.17) is 0 Å². The van der Waals surface area contributed by atoms with Gasteiger partial charge in [-0.15, -0.1) is 0 Å². The van der Waals surface area contributed by atoms with Gasteiger partial charge in [0.2, 0.25) is 0 Å². The molecule has 1 heteroatoms. The standard InChI is InChI=1S/C21H33N/c1-12(2)10-19-18(9)22(11-13(3)4)21-17(8)15(6)14(5)16(7)20(19)21/h12-13H,10-11H2,1-9H3. The molecule has 0 aliphatic carbocycles. The van der Waals surface area contributed by atoms with Crippen molar-refractivity contribution in [2.75, 3.05) is 0 Å². The Hall–Kier alpha value is -1.24. The zero-order valence-corrected chi connectivity index (χ0v) is 16.0. The lowest BCUT2D eigenvalue weighted by molar-refractivity contribution is 0.524. The van der Waals surface area contributed by atoms with E-state index < -0.39 is 0 Å². The van der Waals surface area contributed by atoms with Crippen LogP contribution >= 0.6 is 0 Å². The summed E-state index contributed by atoms with van der Waals surface area (Å²) in [4.78, 5) is 0. The van der Waals surface area contributed by atoms with Gasteiger partial charge in [0.25, 0.3) is 0 Å². The van der Waals surface area contributed by atoms with Crippen molar-refractivity contribution in [1.82, 2.24) is 4.57 Å². The maximum Gasteiger partial charge on any atom is 0.0520 e. The van der Waals surface area contributed by atoms with Crippen molar-refractivity contribution in [3.63, 3.8) is 0 Å². The maximum atomic E-state index is 2.59. The first kappa shape index (κ1) is 17.1. The quantitative estimate of drug-likeness (QED) is 0.649. The molecule has 0 saturated carbocycles. The van der Waals surface area contributed by atoms with Crippen molar-refractivity contribution < 1.29 is 0 Å². The van der Waals surface area contributed by atoms with Gasteiger partial charge in [-0.1, -0.05) is 27.7 Å². The van der Waals surface area contributed by atoms with E-state index in [9.17, 15) is 0 Å². The highest BCUT2D eigenvalue weighted by Crippen LogP contribution is 2.36. The molecule has 0 N–H and O–H groups in total. The van der Waals surface area contributed by atoms with Crippen LogP contribution in [-0.4, -0.2) is 4.57 Å². The van der Waals surface area contributed by atoms with Gasteiger partial charge in [0, 0.05) is 17.6 Å². The van der Waals surface area contributed by atoms with E-state index in [0.29, 0.717) is 11.8 Å². The molecule has 122 valence electrons. The minimum atomic E-state index is 0.669. The molecule has 1 nitrogen and oxygen atoms in total. The fourth-order valence-electron chi connectivity index (χ4n) is 3.76. The van der Waals surface area contributed by atoms with Crippen molar-refractivity contribution in [3.05, 3.63) is 33.5 Å². The molecule has 22 heavy (non-hydrogen) atoms. The van der Waals surface area contributed by atoms with Crippen LogP contribution in [0, 0.1) is 46.5 Å². The molecule has 1 heterocycles. The third-order valence-corrected chi connectivity index (χ3v) is 5.23. The first-order chi connectivity index (χ1) is 10.2. The summed E-state index contributed by atoms with van der Waals surface area (Å²) < 4.78 is 2.59. The van der Waals surface area contributed by atoms with Crippen LogP contribution in [0.15, 0.2) is 0 Å². The fourth-order valence-corrected chi connectivity index (χ4v) is 3.76. The normalized spacial score (nSPS) is 12.1. The zero-order chi connectivity index (χ0) is 16.8. The van der Waals surface area contributed by atoms with Gasteiger partial charge in [-0.25, -0.2) is 0 Å². The molecule has 0 saturated heterocycles. The summed E-state index contributed by atoms with van der Waals surface area (Å²) in [6.07, 6.45) is 1.18. The van der Waals surface area contributed by atoms with E-state index in [1.807, 2.05) is 0 Å². The number of benzene rings is 1. The lowest BCUT2D eigenvalue weighted by Crippen LogP contribution is -2.08. The van der Waals surface area contributed by atoms with Crippen LogP contribution in [0.5, 0.6) is 0 Å². The molecular weight excluding hydrogens is 266 g/mol. The Morgan fingerprint density at radius 2 is 1.27 bits per heavy atom. The van der Waals surface area contributed by atoms with Gasteiger partial charge in [0.05, 0.1) is 5.52 Å². The zero-order valence-electron chi connectivity index (χ0n) is 16.0. The second kappa shape index (κ2) is 6.10. The molecule has 0 bridgehead atoms. The summed E-state index contributed by atoms with van der Waals surface area (Å²) >= 11 is 0. The van der Waals surface area contributed by atoms with Crippen LogP contribution in [0.4, 0.5) is 0 Å². The number of nitrogens with zero attached hydrogens (tertiary/aromatic N) is 1. The SMILES string of the molecule is Cc1c(C)c(C)c2c(c1C)c(CC(C)C)c(C)n2CC(C)C. The highest BCUT2D eigenvalue weighted by atomic mass is 15.0. The molecule has 0 unspecified atom stereocenters. The van der Waals surface area contributed by atoms with Crippen molar-refractivity contribution in [3.8, 4) is 0 Å². The van der Waals surface area contributed by atoms with E-state index in [1.54, 1.807) is 5.56 Å². The third kappa shape index (κ3) is 2.71. The molecule has 0 spiro atoms. The molecule has 0 aliphatic heterocycles. The predicted molar refractivity (Wildman–Crippen MR) is 99.0 cm³/mol. The minimum absolute atomic E-state index is 0.669. The highest BCUT2D eigenvalue weighted by molar-refractivity contribution is 5.93. The molecule has 0 radical (unpaired) electrons. The molecular formula is C21H33N. The van der Waals surface area contributed by atoms with Crippen molar-refractivity contribution in [2.24, 2.45) is 11.8 Å². The van der Waals surface area contributed by atoms with Crippen LogP contribution in [0.25, 0.3) is 10.9 Å². The van der Waals surface area contributed by atoms with Gasteiger partial charge >= 0.3 is 0 Å². The van der Waals surface area contributed by atoms with Gasteiger partial charge in [-0.05, 0) is 80.7 Å². The number of aromatic nitrogens is 1. The topological polar surface area (TPSA) is 4.93 Å². The second-order valence-corrected chi connectivity index (χ2v) is 7.89. The predicted octanol–water partition coefficient (Wildman–Crippen LogP) is 6.04. The molecule has 0 aliphatic rings. The fraction of sp³-hybridized carbons (Fsp3) is 0.619. The summed E-state index contributed by atoms with van der Waals surface area (Å²) in [7, 11) is 0. The Bertz CT molecular complexity index is 640. The summed E-state index contributed by atoms with van der Waals surface area (Å²) in [6.45, 7) is 21.9. The van der Waals surface area contributed by atoms with Crippen molar-refractivity contribution in [2.45, 2.75) is 75.3 Å². The Balaban J connectivity index is 2.92. The average molecular weight is 300 g/mol. The van der Waals surface area contributed by atoms with Crippen LogP contribution in [0.2, 0.25) is 0 Å². The maximum absolute atomic E-state index is 2.59. The van der Waals surface area contributed by atoms with E-state index >= 15 is 0 Å². The average Bonchev–Trinajstić information content (AvgIpc) is 2.67. The largest absolute Gasteiger partial charge is 0.344 e. The van der Waals surface area contributed by atoms with Crippen molar-refractivity contribution in [1.29, 1.82) is 0 Å². The smallest absolute Gasteiger partial charge is 0.0520 e. The summed E-state index contributed by atoms with van der Waals surface area (Å²) in [5, 5.41) is 1.53. The van der Waals surface area contributed by atoms with E-state index in [-0.39, 0.29) is 0 Å². The number of rotatable bonds is 4. The first-order valence-corrected chi connectivity index (χ1v) is 8.74. The monoisotopic (exact) mass is 299 g/mol. The van der Waals surface area contributed by atoms with E-state index in [0.717, 1.165) is 6.54 Å². The molecule has 2 aromatic rings. The molecule has 0 atom stereocenters. The van der Waals surface area contributed by atoms with Gasteiger partial charge in [0.15, 0.2) is 0 Å². The lowest BCUT2D eigenvalue weighted by Gasteiger charge is -2.16. The van der Waals surface area contributed by atoms with Crippen LogP contribution in [0.1, 0.15) is 61.2 Å². The summed E-state index contributed by atoms with van der Waals surface area (Å²) in [6, 6.07) is 0. The van der Waals surface area contributed by atoms with Crippen molar-refractivity contribution >= 4 is 10.9 Å². The summed E-state index contributed by atoms with van der Waals surface area (Å²) in [5.74, 6) is 1.36. The van der Waals surface area contributed by atoms with Gasteiger partial charge < -0.3 is 4.57 Å². The molecule has 2 rings (SSSR count). The Morgan fingerprint density at radius 1 is 0.727 bits per heavy atom. The Morgan fingerprint density at radius 3 is 1.77 bits per heavy atom. The molecule has 1 aromatic carbocycles. The number of hydrogen-bond acceptors (Lipinski definition) is 0. The second-order valence-electron chi connectivity index (χ2n) is 7.89. The van der Waals surface area contributed by atoms with Crippen LogP contribution in [-0.2, 0) is 13.0 Å². The number of aryl methyl sites for hydroxylation is 2. The molecule has 1 aromatic heterocycles. The minimum Gasteiger partial charge on any atom is -0.344 e. The Kier molecular flexibility index (Phi) is 4.75. The lowest BCUT2D eigenvalue weighted by atomic mass is 9.91. The van der Waals surface area contributed by atoms with Crippen LogP contribution in [0.3, 0.4) is 0 Å². The first-order valence-electron chi connectivity index (χ1n) is 8.74.